The minimum Gasteiger partial charge on any atom is -0.478 e. The number of aromatic carboxylic acids is 2. The summed E-state index contributed by atoms with van der Waals surface area (Å²) in [6.45, 7) is 0. The van der Waals surface area contributed by atoms with E-state index in [1.165, 1.54) is 34.4 Å². The molecule has 0 spiro atoms. The van der Waals surface area contributed by atoms with E-state index in [9.17, 15) is 9.59 Å². The predicted molar refractivity (Wildman–Crippen MR) is 81.7 cm³/mol. The first-order valence-electron chi connectivity index (χ1n) is 5.47. The maximum absolute atomic E-state index is 11.0. The van der Waals surface area contributed by atoms with E-state index in [4.69, 9.17) is 10.2 Å². The van der Waals surface area contributed by atoms with Gasteiger partial charge in [0, 0.05) is 12.4 Å². The molecule has 21 heavy (non-hydrogen) atoms. The van der Waals surface area contributed by atoms with E-state index in [2.05, 4.69) is 9.97 Å². The second-order valence-corrected chi connectivity index (χ2v) is 7.43. The van der Waals surface area contributed by atoms with Crippen LogP contribution < -0.4 is 0 Å². The Kier molecular flexibility index (Phi) is 5.48. The van der Waals surface area contributed by atoms with Gasteiger partial charge in [-0.25, -0.2) is 19.6 Å². The third kappa shape index (κ3) is 4.13. The summed E-state index contributed by atoms with van der Waals surface area (Å²) in [4.78, 5) is 30.1. The highest BCUT2D eigenvalue weighted by molar-refractivity contribution is 9.09. The van der Waals surface area contributed by atoms with Crippen molar-refractivity contribution in [2.45, 2.75) is 10.1 Å². The molecule has 2 rings (SSSR count). The second kappa shape index (κ2) is 7.34. The summed E-state index contributed by atoms with van der Waals surface area (Å²) in [5.41, 5.74) is 0.213. The van der Waals surface area contributed by atoms with Gasteiger partial charge in [-0.1, -0.05) is 0 Å². The van der Waals surface area contributed by atoms with Crippen LogP contribution in [0.3, 0.4) is 0 Å². The predicted octanol–water partition coefficient (Wildman–Crippen LogP) is 3.32. The summed E-state index contributed by atoms with van der Waals surface area (Å²) < 4.78 is 0. The monoisotopic (exact) mass is 340 g/mol. The molecule has 0 saturated heterocycles. The standard InChI is InChI=1S/C12H8N2O4S3/c15-11(16)7-3-1-5-13-9(7)19-21-20-10-8(12(17)18)4-2-6-14-10/h1-6H,(H,15,16)(H,17,18). The topological polar surface area (TPSA) is 100 Å². The first-order chi connectivity index (χ1) is 10.1. The smallest absolute Gasteiger partial charge is 0.338 e. The van der Waals surface area contributed by atoms with E-state index in [1.807, 2.05) is 0 Å². The molecule has 2 heterocycles. The van der Waals surface area contributed by atoms with Crippen LogP contribution in [0.15, 0.2) is 46.7 Å². The summed E-state index contributed by atoms with van der Waals surface area (Å²) in [5.74, 6) is -2.11. The number of nitrogens with zero attached hydrogens (tertiary/aromatic N) is 2. The van der Waals surface area contributed by atoms with Crippen molar-refractivity contribution in [1.82, 2.24) is 9.97 Å². The van der Waals surface area contributed by atoms with Crippen LogP contribution in [-0.2, 0) is 0 Å². The molecule has 6 nitrogen and oxygen atoms in total. The van der Waals surface area contributed by atoms with Crippen LogP contribution in [-0.4, -0.2) is 32.1 Å². The third-order valence-corrected chi connectivity index (χ3v) is 5.91. The molecule has 0 bridgehead atoms. The van der Waals surface area contributed by atoms with Crippen molar-refractivity contribution in [3.8, 4) is 0 Å². The Balaban J connectivity index is 2.06. The largest absolute Gasteiger partial charge is 0.478 e. The van der Waals surface area contributed by atoms with Gasteiger partial charge >= 0.3 is 11.9 Å². The molecular weight excluding hydrogens is 332 g/mol. The molecule has 0 aliphatic rings. The maximum atomic E-state index is 11.0. The van der Waals surface area contributed by atoms with Gasteiger partial charge < -0.3 is 10.2 Å². The van der Waals surface area contributed by atoms with E-state index >= 15 is 0 Å². The fraction of sp³-hybridized carbons (Fsp3) is 0. The third-order valence-electron chi connectivity index (χ3n) is 2.23. The average Bonchev–Trinajstić information content (AvgIpc) is 2.48. The summed E-state index contributed by atoms with van der Waals surface area (Å²) in [6.07, 6.45) is 3.01. The van der Waals surface area contributed by atoms with Crippen molar-refractivity contribution in [3.63, 3.8) is 0 Å². The molecule has 0 unspecified atom stereocenters. The number of rotatable bonds is 6. The van der Waals surface area contributed by atoms with Crippen molar-refractivity contribution < 1.29 is 19.8 Å². The number of carboxylic acid groups (broad SMARTS) is 2. The molecule has 108 valence electrons. The number of carbonyl (C=O) groups is 2. The van der Waals surface area contributed by atoms with Crippen LogP contribution in [0.4, 0.5) is 0 Å². The van der Waals surface area contributed by atoms with Crippen molar-refractivity contribution in [2.24, 2.45) is 0 Å². The van der Waals surface area contributed by atoms with E-state index in [0.717, 1.165) is 21.6 Å². The normalized spacial score (nSPS) is 10.3. The summed E-state index contributed by atoms with van der Waals surface area (Å²) in [5, 5.41) is 18.8. The maximum Gasteiger partial charge on any atom is 0.338 e. The number of aromatic nitrogens is 2. The Labute approximate surface area is 131 Å². The molecule has 2 aromatic heterocycles. The van der Waals surface area contributed by atoms with Gasteiger partial charge in [-0.15, -0.1) is 0 Å². The van der Waals surface area contributed by atoms with Gasteiger partial charge in [0.1, 0.15) is 10.1 Å². The lowest BCUT2D eigenvalue weighted by atomic mass is 10.3. The Hall–Kier alpha value is -1.71. The molecular formula is C12H8N2O4S3. The molecule has 0 fully saturated rings. The Morgan fingerprint density at radius 2 is 1.29 bits per heavy atom. The highest BCUT2D eigenvalue weighted by Gasteiger charge is 2.14. The minimum atomic E-state index is -1.06. The lowest BCUT2D eigenvalue weighted by Crippen LogP contribution is -2.00. The van der Waals surface area contributed by atoms with Crippen LogP contribution in [0.2, 0.25) is 0 Å². The molecule has 0 atom stereocenters. The number of pyridine rings is 2. The van der Waals surface area contributed by atoms with Crippen LogP contribution in [0.1, 0.15) is 20.7 Å². The molecule has 0 aromatic carbocycles. The van der Waals surface area contributed by atoms with Crippen molar-refractivity contribution in [2.75, 3.05) is 0 Å². The summed E-state index contributed by atoms with van der Waals surface area (Å²) in [6, 6.07) is 6.03. The summed E-state index contributed by atoms with van der Waals surface area (Å²) >= 11 is 0. The molecule has 2 aromatic rings. The fourth-order valence-corrected chi connectivity index (χ4v) is 4.93. The van der Waals surface area contributed by atoms with E-state index < -0.39 is 11.9 Å². The van der Waals surface area contributed by atoms with Gasteiger partial charge in [0.2, 0.25) is 0 Å². The molecule has 2 N–H and O–H groups in total. The van der Waals surface area contributed by atoms with E-state index in [0.29, 0.717) is 10.1 Å². The van der Waals surface area contributed by atoms with Crippen molar-refractivity contribution in [3.05, 3.63) is 47.8 Å². The lowest BCUT2D eigenvalue weighted by Gasteiger charge is -2.04. The average molecular weight is 340 g/mol. The fourth-order valence-electron chi connectivity index (χ4n) is 1.32. The first-order valence-corrected chi connectivity index (χ1v) is 8.95. The van der Waals surface area contributed by atoms with Crippen molar-refractivity contribution in [1.29, 1.82) is 0 Å². The Morgan fingerprint density at radius 1 is 0.857 bits per heavy atom. The van der Waals surface area contributed by atoms with Crippen LogP contribution in [0, 0.1) is 0 Å². The number of hydrogen-bond donors (Lipinski definition) is 2. The van der Waals surface area contributed by atoms with Crippen molar-refractivity contribution >= 4 is 43.4 Å². The zero-order chi connectivity index (χ0) is 15.2. The molecule has 0 amide bonds. The quantitative estimate of drug-likeness (QED) is 0.767. The van der Waals surface area contributed by atoms with Gasteiger partial charge in [-0.3, -0.25) is 0 Å². The first kappa shape index (κ1) is 15.7. The number of carboxylic acids is 2. The SMILES string of the molecule is O=C(O)c1cccnc1SSSc1ncccc1C(=O)O. The van der Waals surface area contributed by atoms with E-state index in [-0.39, 0.29) is 11.1 Å². The van der Waals surface area contributed by atoms with Gasteiger partial charge in [0.15, 0.2) is 0 Å². The molecule has 0 aliphatic heterocycles. The highest BCUT2D eigenvalue weighted by atomic mass is 33.5. The molecule has 9 heteroatoms. The van der Waals surface area contributed by atoms with Crippen LogP contribution in [0.5, 0.6) is 0 Å². The van der Waals surface area contributed by atoms with Gasteiger partial charge in [-0.05, 0) is 55.7 Å². The van der Waals surface area contributed by atoms with Gasteiger partial charge in [0.25, 0.3) is 0 Å². The zero-order valence-corrected chi connectivity index (χ0v) is 12.7. The lowest BCUT2D eigenvalue weighted by molar-refractivity contribution is 0.0681. The van der Waals surface area contributed by atoms with Crippen LogP contribution >= 0.6 is 31.4 Å². The highest BCUT2D eigenvalue weighted by Crippen LogP contribution is 2.44. The molecule has 0 aliphatic carbocycles. The molecule has 0 radical (unpaired) electrons. The Morgan fingerprint density at radius 3 is 1.67 bits per heavy atom. The minimum absolute atomic E-state index is 0.107. The van der Waals surface area contributed by atoms with E-state index in [1.54, 1.807) is 12.1 Å². The number of hydrogen-bond acceptors (Lipinski definition) is 7. The summed E-state index contributed by atoms with van der Waals surface area (Å²) in [7, 11) is 3.50. The van der Waals surface area contributed by atoms with Crippen LogP contribution in [0.25, 0.3) is 0 Å². The molecule has 0 saturated carbocycles. The van der Waals surface area contributed by atoms with Gasteiger partial charge in [0.05, 0.1) is 11.1 Å². The second-order valence-electron chi connectivity index (χ2n) is 3.56. The van der Waals surface area contributed by atoms with Gasteiger partial charge in [-0.2, -0.15) is 0 Å². The Bertz CT molecular complexity index is 624. The zero-order valence-electron chi connectivity index (χ0n) is 10.3.